The predicted octanol–water partition coefficient (Wildman–Crippen LogP) is 4.06. The van der Waals surface area contributed by atoms with Crippen molar-refractivity contribution in [1.82, 2.24) is 10.2 Å². The van der Waals surface area contributed by atoms with Crippen molar-refractivity contribution in [2.75, 3.05) is 23.7 Å². The molecule has 9 heteroatoms. The van der Waals surface area contributed by atoms with Crippen LogP contribution < -0.4 is 9.62 Å². The first-order chi connectivity index (χ1) is 16.0. The van der Waals surface area contributed by atoms with Gasteiger partial charge in [-0.15, -0.1) is 0 Å². The van der Waals surface area contributed by atoms with Crippen molar-refractivity contribution in [3.63, 3.8) is 0 Å². The van der Waals surface area contributed by atoms with E-state index in [0.29, 0.717) is 23.7 Å². The zero-order valence-corrected chi connectivity index (χ0v) is 22.0. The fraction of sp³-hybridized carbons (Fsp3) is 0.440. The number of hydrogen-bond acceptors (Lipinski definition) is 4. The number of carbonyl (C=O) groups is 2. The van der Waals surface area contributed by atoms with Gasteiger partial charge in [0.05, 0.1) is 11.9 Å². The zero-order valence-electron chi connectivity index (χ0n) is 20.5. The normalized spacial score (nSPS) is 12.2. The van der Waals surface area contributed by atoms with Crippen molar-refractivity contribution in [3.05, 3.63) is 64.2 Å². The van der Waals surface area contributed by atoms with E-state index in [2.05, 4.69) is 5.32 Å². The number of hydrogen-bond donors (Lipinski definition) is 1. The molecule has 0 saturated heterocycles. The molecular formula is C25H34ClN3O4S. The first kappa shape index (κ1) is 27.7. The Hall–Kier alpha value is -2.58. The van der Waals surface area contributed by atoms with Crippen molar-refractivity contribution in [2.45, 2.75) is 53.1 Å². The van der Waals surface area contributed by atoms with Crippen molar-refractivity contribution >= 4 is 39.1 Å². The number of para-hydroxylation sites is 1. The quantitative estimate of drug-likeness (QED) is 0.497. The Kier molecular flexibility index (Phi) is 9.94. The molecule has 0 fully saturated rings. The standard InChI is InChI=1S/C25H34ClN3O4S/c1-6-15-27-25(31)22(7-2)28(16-20-11-13-21(26)14-12-20)23(30)17-29(34(5,32)33)24-18(3)9-8-10-19(24)4/h8-14,22H,6-7,15-17H2,1-5H3,(H,27,31). The Morgan fingerprint density at radius 1 is 1.03 bits per heavy atom. The summed E-state index contributed by atoms with van der Waals surface area (Å²) >= 11 is 6.01. The van der Waals surface area contributed by atoms with Gasteiger partial charge in [0.25, 0.3) is 0 Å². The maximum atomic E-state index is 13.7. The van der Waals surface area contributed by atoms with Crippen molar-refractivity contribution in [3.8, 4) is 0 Å². The Bertz CT molecular complexity index is 1080. The Morgan fingerprint density at radius 2 is 1.62 bits per heavy atom. The summed E-state index contributed by atoms with van der Waals surface area (Å²) in [5.41, 5.74) is 2.76. The third-order valence-electron chi connectivity index (χ3n) is 5.57. The van der Waals surface area contributed by atoms with E-state index in [4.69, 9.17) is 11.6 Å². The second kappa shape index (κ2) is 12.2. The van der Waals surface area contributed by atoms with E-state index in [1.807, 2.05) is 45.9 Å². The minimum atomic E-state index is -3.77. The van der Waals surface area contributed by atoms with E-state index in [1.165, 1.54) is 4.90 Å². The molecule has 0 saturated carbocycles. The lowest BCUT2D eigenvalue weighted by Gasteiger charge is -2.33. The lowest BCUT2D eigenvalue weighted by Crippen LogP contribution is -2.52. The van der Waals surface area contributed by atoms with Crippen molar-refractivity contribution in [2.24, 2.45) is 0 Å². The molecular weight excluding hydrogens is 474 g/mol. The Morgan fingerprint density at radius 3 is 2.12 bits per heavy atom. The monoisotopic (exact) mass is 507 g/mol. The molecule has 1 N–H and O–H groups in total. The third-order valence-corrected chi connectivity index (χ3v) is 6.93. The number of nitrogens with one attached hydrogen (secondary N) is 1. The molecule has 0 heterocycles. The van der Waals surface area contributed by atoms with Crippen LogP contribution in [0, 0.1) is 13.8 Å². The van der Waals surface area contributed by atoms with Crippen molar-refractivity contribution in [1.29, 1.82) is 0 Å². The largest absolute Gasteiger partial charge is 0.354 e. The van der Waals surface area contributed by atoms with Gasteiger partial charge >= 0.3 is 0 Å². The van der Waals surface area contributed by atoms with E-state index < -0.39 is 28.5 Å². The highest BCUT2D eigenvalue weighted by Gasteiger charge is 2.32. The second-order valence-electron chi connectivity index (χ2n) is 8.37. The fourth-order valence-electron chi connectivity index (χ4n) is 3.85. The van der Waals surface area contributed by atoms with Crippen LogP contribution in [0.2, 0.25) is 5.02 Å². The molecule has 2 aromatic carbocycles. The summed E-state index contributed by atoms with van der Waals surface area (Å²) in [6, 6.07) is 11.7. The Balaban J connectivity index is 2.47. The van der Waals surface area contributed by atoms with Gasteiger partial charge in [0.2, 0.25) is 21.8 Å². The number of amides is 2. The molecule has 0 spiro atoms. The van der Waals surface area contributed by atoms with Crippen LogP contribution in [-0.4, -0.2) is 50.5 Å². The number of carbonyl (C=O) groups excluding carboxylic acids is 2. The zero-order chi connectivity index (χ0) is 25.5. The van der Waals surface area contributed by atoms with Crippen LogP contribution in [0.1, 0.15) is 43.4 Å². The summed E-state index contributed by atoms with van der Waals surface area (Å²) < 4.78 is 26.7. The van der Waals surface area contributed by atoms with Crippen LogP contribution in [0.15, 0.2) is 42.5 Å². The molecule has 2 aromatic rings. The topological polar surface area (TPSA) is 86.8 Å². The molecule has 1 atom stereocenters. The van der Waals surface area contributed by atoms with E-state index >= 15 is 0 Å². The fourth-order valence-corrected chi connectivity index (χ4v) is 4.94. The van der Waals surface area contributed by atoms with Gasteiger partial charge < -0.3 is 10.2 Å². The maximum absolute atomic E-state index is 13.7. The summed E-state index contributed by atoms with van der Waals surface area (Å²) in [4.78, 5) is 28.0. The predicted molar refractivity (Wildman–Crippen MR) is 137 cm³/mol. The average Bonchev–Trinajstić information content (AvgIpc) is 2.77. The summed E-state index contributed by atoms with van der Waals surface area (Å²) in [5, 5.41) is 3.42. The number of nitrogens with zero attached hydrogens (tertiary/aromatic N) is 2. The van der Waals surface area contributed by atoms with Gasteiger partial charge in [-0.05, 0) is 55.5 Å². The summed E-state index contributed by atoms with van der Waals surface area (Å²) in [6.07, 6.45) is 2.24. The number of rotatable bonds is 11. The van der Waals surface area contributed by atoms with E-state index in [0.717, 1.165) is 33.7 Å². The van der Waals surface area contributed by atoms with E-state index in [9.17, 15) is 18.0 Å². The molecule has 0 aliphatic carbocycles. The van der Waals surface area contributed by atoms with Crippen molar-refractivity contribution < 1.29 is 18.0 Å². The van der Waals surface area contributed by atoms with Gasteiger partial charge in [0.1, 0.15) is 12.6 Å². The minimum Gasteiger partial charge on any atom is -0.354 e. The summed E-state index contributed by atoms with van der Waals surface area (Å²) in [7, 11) is -3.77. The van der Waals surface area contributed by atoms with Crippen LogP contribution in [0.25, 0.3) is 0 Å². The lowest BCUT2D eigenvalue weighted by molar-refractivity contribution is -0.140. The molecule has 0 aliphatic rings. The Labute approximate surface area is 208 Å². The van der Waals surface area contributed by atoms with Gasteiger partial charge in [-0.2, -0.15) is 0 Å². The minimum absolute atomic E-state index is 0.151. The number of benzene rings is 2. The van der Waals surface area contributed by atoms with Gasteiger partial charge in [-0.3, -0.25) is 13.9 Å². The number of halogens is 1. The molecule has 0 aromatic heterocycles. The molecule has 0 bridgehead atoms. The molecule has 0 aliphatic heterocycles. The molecule has 2 amide bonds. The number of aryl methyl sites for hydroxylation is 2. The SMILES string of the molecule is CCCNC(=O)C(CC)N(Cc1ccc(Cl)cc1)C(=O)CN(c1c(C)cccc1C)S(C)(=O)=O. The average molecular weight is 508 g/mol. The second-order valence-corrected chi connectivity index (χ2v) is 10.7. The highest BCUT2D eigenvalue weighted by molar-refractivity contribution is 7.92. The summed E-state index contributed by atoms with van der Waals surface area (Å²) in [6.45, 7) is 7.64. The number of sulfonamides is 1. The highest BCUT2D eigenvalue weighted by Crippen LogP contribution is 2.27. The van der Waals surface area contributed by atoms with E-state index in [-0.39, 0.29) is 12.5 Å². The van der Waals surface area contributed by atoms with Crippen LogP contribution >= 0.6 is 11.6 Å². The molecule has 7 nitrogen and oxygen atoms in total. The van der Waals surface area contributed by atoms with Gasteiger partial charge in [-0.1, -0.05) is 55.8 Å². The number of anilines is 1. The molecule has 1 unspecified atom stereocenters. The van der Waals surface area contributed by atoms with Crippen LogP contribution in [0.5, 0.6) is 0 Å². The van der Waals surface area contributed by atoms with Gasteiger partial charge in [0.15, 0.2) is 0 Å². The highest BCUT2D eigenvalue weighted by atomic mass is 35.5. The van der Waals surface area contributed by atoms with E-state index in [1.54, 1.807) is 24.3 Å². The maximum Gasteiger partial charge on any atom is 0.244 e. The molecule has 186 valence electrons. The molecule has 2 rings (SSSR count). The lowest BCUT2D eigenvalue weighted by atomic mass is 10.1. The molecule has 34 heavy (non-hydrogen) atoms. The van der Waals surface area contributed by atoms with Crippen LogP contribution in [-0.2, 0) is 26.2 Å². The first-order valence-corrected chi connectivity index (χ1v) is 13.6. The third kappa shape index (κ3) is 7.21. The molecule has 0 radical (unpaired) electrons. The summed E-state index contributed by atoms with van der Waals surface area (Å²) in [5.74, 6) is -0.717. The van der Waals surface area contributed by atoms with Gasteiger partial charge in [0, 0.05) is 18.1 Å². The smallest absolute Gasteiger partial charge is 0.244 e. The van der Waals surface area contributed by atoms with Gasteiger partial charge in [-0.25, -0.2) is 8.42 Å². The van der Waals surface area contributed by atoms with Crippen LogP contribution in [0.3, 0.4) is 0 Å². The first-order valence-electron chi connectivity index (χ1n) is 11.3. The van der Waals surface area contributed by atoms with Crippen LogP contribution in [0.4, 0.5) is 5.69 Å².